The second-order valence-electron chi connectivity index (χ2n) is 8.06. The second-order valence-corrected chi connectivity index (χ2v) is 10.2. The number of esters is 1. The van der Waals surface area contributed by atoms with Crippen molar-refractivity contribution in [3.63, 3.8) is 0 Å². The lowest BCUT2D eigenvalue weighted by atomic mass is 9.71. The van der Waals surface area contributed by atoms with Crippen molar-refractivity contribution in [3.05, 3.63) is 51.4 Å². The SMILES string of the molecule is COc1ccc2cc(C(=O)N[C@@H]3C(=O)C4C(C(=O)O)=C(COC(C)=O)CS(=O)(=O)[C@@H]43)c(=O)oc2c1. The van der Waals surface area contributed by atoms with Gasteiger partial charge in [-0.05, 0) is 23.8 Å². The van der Waals surface area contributed by atoms with Crippen molar-refractivity contribution >= 4 is 44.4 Å². The highest BCUT2D eigenvalue weighted by molar-refractivity contribution is 7.92. The van der Waals surface area contributed by atoms with E-state index in [1.54, 1.807) is 12.1 Å². The van der Waals surface area contributed by atoms with E-state index in [0.717, 1.165) is 6.92 Å². The van der Waals surface area contributed by atoms with Gasteiger partial charge in [-0.2, -0.15) is 0 Å². The maximum absolute atomic E-state index is 12.9. The second kappa shape index (κ2) is 8.65. The van der Waals surface area contributed by atoms with Crippen LogP contribution in [0.2, 0.25) is 0 Å². The summed E-state index contributed by atoms with van der Waals surface area (Å²) in [5.41, 5.74) is -2.01. The van der Waals surface area contributed by atoms with Crippen LogP contribution in [-0.2, 0) is 29.0 Å². The maximum atomic E-state index is 12.9. The molecule has 1 unspecified atom stereocenters. The van der Waals surface area contributed by atoms with E-state index in [0.29, 0.717) is 11.1 Å². The molecule has 1 aromatic heterocycles. The number of carboxylic acids is 1. The van der Waals surface area contributed by atoms with E-state index in [2.05, 4.69) is 5.32 Å². The van der Waals surface area contributed by atoms with E-state index in [9.17, 15) is 37.5 Å². The Morgan fingerprint density at radius 3 is 2.54 bits per heavy atom. The van der Waals surface area contributed by atoms with Crippen LogP contribution in [0.4, 0.5) is 0 Å². The van der Waals surface area contributed by atoms with Gasteiger partial charge in [-0.15, -0.1) is 0 Å². The van der Waals surface area contributed by atoms with Crippen LogP contribution in [0.25, 0.3) is 11.0 Å². The van der Waals surface area contributed by atoms with Gasteiger partial charge in [0.2, 0.25) is 0 Å². The number of methoxy groups -OCH3 is 1. The smallest absolute Gasteiger partial charge is 0.349 e. The number of carbonyl (C=O) groups excluding carboxylic acids is 3. The molecule has 1 aliphatic carbocycles. The molecule has 184 valence electrons. The zero-order valence-corrected chi connectivity index (χ0v) is 19.2. The number of carboxylic acid groups (broad SMARTS) is 1. The summed E-state index contributed by atoms with van der Waals surface area (Å²) in [6, 6.07) is 4.23. The van der Waals surface area contributed by atoms with Crippen LogP contribution in [0, 0.1) is 5.92 Å². The number of hydrogen-bond acceptors (Lipinski definition) is 10. The first-order valence-corrected chi connectivity index (χ1v) is 11.9. The molecule has 0 bridgehead atoms. The minimum absolute atomic E-state index is 0.150. The molecule has 3 atom stereocenters. The van der Waals surface area contributed by atoms with Gasteiger partial charge in [0.1, 0.15) is 34.8 Å². The van der Waals surface area contributed by atoms with Crippen molar-refractivity contribution in [1.29, 1.82) is 0 Å². The first-order valence-electron chi connectivity index (χ1n) is 10.2. The number of amides is 1. The van der Waals surface area contributed by atoms with Gasteiger partial charge in [0.05, 0.1) is 24.4 Å². The maximum Gasteiger partial charge on any atom is 0.349 e. The van der Waals surface area contributed by atoms with Crippen molar-refractivity contribution in [2.75, 3.05) is 19.5 Å². The third-order valence-corrected chi connectivity index (χ3v) is 8.03. The molecule has 1 aromatic carbocycles. The highest BCUT2D eigenvalue weighted by atomic mass is 32.2. The largest absolute Gasteiger partial charge is 0.497 e. The van der Waals surface area contributed by atoms with Crippen LogP contribution in [0.15, 0.2) is 44.6 Å². The Morgan fingerprint density at radius 1 is 1.20 bits per heavy atom. The average molecular weight is 505 g/mol. The van der Waals surface area contributed by atoms with Crippen LogP contribution >= 0.6 is 0 Å². The van der Waals surface area contributed by atoms with E-state index < -0.39 is 79.8 Å². The Hall–Kier alpha value is -4.00. The Morgan fingerprint density at radius 2 is 1.91 bits per heavy atom. The summed E-state index contributed by atoms with van der Waals surface area (Å²) in [5.74, 6) is -6.05. The third-order valence-electron chi connectivity index (χ3n) is 5.91. The molecule has 0 radical (unpaired) electrons. The standard InChI is InChI=1S/C22H19NO11S/c1-9(24)33-7-11-8-35(30,31)19-16(15(11)21(27)28)18(25)17(19)23-20(26)13-5-10-3-4-12(32-2)6-14(10)34-22(13)29/h3-6,16-17,19H,7-8H2,1-2H3,(H,23,26)(H,27,28)/t16?,17-,19+/m1/s1. The fourth-order valence-corrected chi connectivity index (χ4v) is 6.51. The molecule has 1 saturated carbocycles. The Balaban J connectivity index is 1.64. The van der Waals surface area contributed by atoms with E-state index in [1.807, 2.05) is 0 Å². The van der Waals surface area contributed by atoms with Gasteiger partial charge in [-0.25, -0.2) is 18.0 Å². The summed E-state index contributed by atoms with van der Waals surface area (Å²) in [6.07, 6.45) is 0. The van der Waals surface area contributed by atoms with E-state index in [-0.39, 0.29) is 11.2 Å². The van der Waals surface area contributed by atoms with Gasteiger partial charge in [-0.3, -0.25) is 14.4 Å². The first kappa shape index (κ1) is 24.1. The molecule has 1 aliphatic heterocycles. The van der Waals surface area contributed by atoms with Gasteiger partial charge in [0, 0.05) is 18.4 Å². The molecule has 35 heavy (non-hydrogen) atoms. The molecular weight excluding hydrogens is 486 g/mol. The predicted molar refractivity (Wildman–Crippen MR) is 118 cm³/mol. The average Bonchev–Trinajstić information content (AvgIpc) is 2.79. The van der Waals surface area contributed by atoms with E-state index in [4.69, 9.17) is 13.9 Å². The summed E-state index contributed by atoms with van der Waals surface area (Å²) in [7, 11) is -2.69. The molecule has 2 N–H and O–H groups in total. The van der Waals surface area contributed by atoms with E-state index in [1.165, 1.54) is 19.2 Å². The lowest BCUT2D eigenvalue weighted by Gasteiger charge is -2.45. The van der Waals surface area contributed by atoms with Crippen LogP contribution < -0.4 is 15.7 Å². The number of ether oxygens (including phenoxy) is 2. The van der Waals surface area contributed by atoms with Gasteiger partial charge >= 0.3 is 17.6 Å². The van der Waals surface area contributed by atoms with Crippen LogP contribution in [0.5, 0.6) is 5.75 Å². The molecule has 0 saturated heterocycles. The van der Waals surface area contributed by atoms with Crippen molar-refractivity contribution in [2.45, 2.75) is 18.2 Å². The number of hydrogen-bond donors (Lipinski definition) is 2. The number of nitrogens with one attached hydrogen (secondary N) is 1. The van der Waals surface area contributed by atoms with E-state index >= 15 is 0 Å². The van der Waals surface area contributed by atoms with Crippen molar-refractivity contribution in [2.24, 2.45) is 5.92 Å². The summed E-state index contributed by atoms with van der Waals surface area (Å²) in [6.45, 7) is 0.480. The fraction of sp³-hybridized carbons (Fsp3) is 0.318. The zero-order chi connectivity index (χ0) is 25.7. The zero-order valence-electron chi connectivity index (χ0n) is 18.4. The summed E-state index contributed by atoms with van der Waals surface area (Å²) in [5, 5.41) is 10.7. The van der Waals surface area contributed by atoms with Gasteiger partial charge in [0.15, 0.2) is 15.6 Å². The molecule has 4 rings (SSSR count). The molecule has 2 aliphatic rings. The molecule has 13 heteroatoms. The normalized spacial score (nSPS) is 22.7. The number of sulfone groups is 1. The Kier molecular flexibility index (Phi) is 5.97. The van der Waals surface area contributed by atoms with Crippen molar-refractivity contribution in [1.82, 2.24) is 5.32 Å². The summed E-state index contributed by atoms with van der Waals surface area (Å²) >= 11 is 0. The van der Waals surface area contributed by atoms with Gasteiger partial charge in [-0.1, -0.05) is 0 Å². The molecule has 1 fully saturated rings. The van der Waals surface area contributed by atoms with Crippen molar-refractivity contribution < 1.29 is 46.6 Å². The topological polar surface area (TPSA) is 183 Å². The number of fused-ring (bicyclic) bond motifs is 2. The number of carbonyl (C=O) groups is 4. The molecule has 0 spiro atoms. The van der Waals surface area contributed by atoms with Crippen molar-refractivity contribution in [3.8, 4) is 5.75 Å². The quantitative estimate of drug-likeness (QED) is 0.393. The lowest BCUT2D eigenvalue weighted by molar-refractivity contribution is -0.141. The van der Waals surface area contributed by atoms with Gasteiger partial charge < -0.3 is 24.3 Å². The third kappa shape index (κ3) is 4.18. The van der Waals surface area contributed by atoms with Crippen LogP contribution in [0.3, 0.4) is 0 Å². The highest BCUT2D eigenvalue weighted by Crippen LogP contribution is 2.42. The first-order chi connectivity index (χ1) is 16.4. The Labute approximate surface area is 197 Å². The monoisotopic (exact) mass is 505 g/mol. The molecular formula is C22H19NO11S. The number of benzene rings is 1. The van der Waals surface area contributed by atoms with Crippen LogP contribution in [0.1, 0.15) is 17.3 Å². The highest BCUT2D eigenvalue weighted by Gasteiger charge is 2.62. The molecule has 2 aromatic rings. The lowest BCUT2D eigenvalue weighted by Crippen LogP contribution is -2.70. The van der Waals surface area contributed by atoms with Gasteiger partial charge in [0.25, 0.3) is 5.91 Å². The minimum Gasteiger partial charge on any atom is -0.497 e. The molecule has 2 heterocycles. The summed E-state index contributed by atoms with van der Waals surface area (Å²) in [4.78, 5) is 60.9. The molecule has 12 nitrogen and oxygen atoms in total. The fourth-order valence-electron chi connectivity index (χ4n) is 4.29. The number of Topliss-reactive ketones (excluding diaryl/α,β-unsaturated/α-hetero) is 1. The summed E-state index contributed by atoms with van der Waals surface area (Å²) < 4.78 is 40.7. The predicted octanol–water partition coefficient (Wildman–Crippen LogP) is -0.160. The van der Waals surface area contributed by atoms with Crippen LogP contribution in [-0.4, -0.2) is 67.9 Å². The Bertz CT molecular complexity index is 1480. The molecule has 1 amide bonds. The number of rotatable bonds is 6. The minimum atomic E-state index is -4.11. The number of aliphatic carboxylic acids is 1. The number of ketones is 1.